The highest BCUT2D eigenvalue weighted by molar-refractivity contribution is 7.90. The van der Waals surface area contributed by atoms with E-state index in [9.17, 15) is 13.2 Å². The van der Waals surface area contributed by atoms with Crippen LogP contribution in [-0.2, 0) is 10.0 Å². The van der Waals surface area contributed by atoms with Gasteiger partial charge in [-0.1, -0.05) is 34.8 Å². The zero-order valence-electron chi connectivity index (χ0n) is 11.5. The first-order chi connectivity index (χ1) is 10.0. The first-order valence-electron chi connectivity index (χ1n) is 6.00. The van der Waals surface area contributed by atoms with Crippen molar-refractivity contribution in [2.24, 2.45) is 0 Å². The van der Waals surface area contributed by atoms with Gasteiger partial charge in [-0.3, -0.25) is 0 Å². The van der Waals surface area contributed by atoms with E-state index in [4.69, 9.17) is 34.8 Å². The second kappa shape index (κ2) is 5.81. The first kappa shape index (κ1) is 17.2. The van der Waals surface area contributed by atoms with Crippen LogP contribution in [0, 0.1) is 0 Å². The predicted molar refractivity (Wildman–Crippen MR) is 85.4 cm³/mol. The molecule has 1 heterocycles. The Hall–Kier alpha value is -1.15. The van der Waals surface area contributed by atoms with E-state index in [0.717, 1.165) is 5.01 Å². The summed E-state index contributed by atoms with van der Waals surface area (Å²) < 4.78 is 26.6. The largest absolute Gasteiger partial charge is 0.350 e. The fourth-order valence-corrected chi connectivity index (χ4v) is 4.36. The van der Waals surface area contributed by atoms with Crippen molar-refractivity contribution in [1.82, 2.24) is 15.2 Å². The molecule has 0 saturated heterocycles. The number of carbonyl (C=O) groups is 1. The molecule has 10 heteroatoms. The molecule has 1 aliphatic rings. The number of benzene rings is 1. The topological polar surface area (TPSA) is 78.5 Å². The molecule has 0 saturated carbocycles. The lowest BCUT2D eigenvalue weighted by molar-refractivity contribution is 0.152. The minimum atomic E-state index is -4.26. The number of sulfonamides is 1. The zero-order chi connectivity index (χ0) is 16.7. The molecule has 0 spiro atoms. The SMILES string of the molecule is CC1(C)C=CNN1C(=O)NS(=O)(=O)c1c(Cl)cc(Cl)cc1Cl. The monoisotopic (exact) mass is 383 g/mol. The summed E-state index contributed by atoms with van der Waals surface area (Å²) in [5.41, 5.74) is 1.96. The Morgan fingerprint density at radius 3 is 2.23 bits per heavy atom. The van der Waals surface area contributed by atoms with E-state index in [1.54, 1.807) is 19.9 Å². The Kier molecular flexibility index (Phi) is 4.54. The van der Waals surface area contributed by atoms with E-state index in [2.05, 4.69) is 5.43 Å². The number of amides is 2. The van der Waals surface area contributed by atoms with Crippen molar-refractivity contribution in [2.45, 2.75) is 24.3 Å². The summed E-state index contributed by atoms with van der Waals surface area (Å²) in [7, 11) is -4.26. The minimum absolute atomic E-state index is 0.176. The molecular weight excluding hydrogens is 373 g/mol. The number of urea groups is 1. The molecule has 2 N–H and O–H groups in total. The van der Waals surface area contributed by atoms with Crippen LogP contribution >= 0.6 is 34.8 Å². The van der Waals surface area contributed by atoms with Crippen LogP contribution in [0.1, 0.15) is 13.8 Å². The van der Waals surface area contributed by atoms with Crippen LogP contribution in [0.4, 0.5) is 4.79 Å². The number of hydrazine groups is 1. The molecule has 1 aliphatic heterocycles. The van der Waals surface area contributed by atoms with E-state index in [1.807, 2.05) is 4.72 Å². The number of hydrogen-bond acceptors (Lipinski definition) is 4. The minimum Gasteiger partial charge on any atom is -0.301 e. The molecule has 0 radical (unpaired) electrons. The van der Waals surface area contributed by atoms with Gasteiger partial charge in [0.05, 0.1) is 15.6 Å². The van der Waals surface area contributed by atoms with E-state index in [1.165, 1.54) is 18.3 Å². The number of carbonyl (C=O) groups excluding carboxylic acids is 1. The van der Waals surface area contributed by atoms with Crippen molar-refractivity contribution in [2.75, 3.05) is 0 Å². The Morgan fingerprint density at radius 2 is 1.77 bits per heavy atom. The van der Waals surface area contributed by atoms with Crippen LogP contribution in [-0.4, -0.2) is 25.0 Å². The van der Waals surface area contributed by atoms with Gasteiger partial charge in [0.2, 0.25) is 0 Å². The van der Waals surface area contributed by atoms with Crippen LogP contribution in [0.3, 0.4) is 0 Å². The summed E-state index contributed by atoms with van der Waals surface area (Å²) in [5.74, 6) is 0. The highest BCUT2D eigenvalue weighted by atomic mass is 35.5. The zero-order valence-corrected chi connectivity index (χ0v) is 14.6. The maximum absolute atomic E-state index is 12.3. The number of nitrogens with one attached hydrogen (secondary N) is 2. The molecule has 0 unspecified atom stereocenters. The van der Waals surface area contributed by atoms with Crippen molar-refractivity contribution in [1.29, 1.82) is 0 Å². The van der Waals surface area contributed by atoms with Crippen LogP contribution < -0.4 is 10.1 Å². The molecule has 0 fully saturated rings. The first-order valence-corrected chi connectivity index (χ1v) is 8.62. The third-order valence-corrected chi connectivity index (χ3v) is 5.39. The quantitative estimate of drug-likeness (QED) is 0.821. The Bertz CT molecular complexity index is 739. The van der Waals surface area contributed by atoms with Crippen LogP contribution in [0.2, 0.25) is 15.1 Å². The lowest BCUT2D eigenvalue weighted by atomic mass is 10.1. The second-order valence-electron chi connectivity index (χ2n) is 5.06. The van der Waals surface area contributed by atoms with Crippen molar-refractivity contribution in [3.63, 3.8) is 0 Å². The Labute approximate surface area is 143 Å². The molecule has 1 aromatic carbocycles. The Balaban J connectivity index is 2.32. The van der Waals surface area contributed by atoms with Crippen molar-refractivity contribution < 1.29 is 13.2 Å². The molecule has 2 rings (SSSR count). The number of halogens is 3. The number of rotatable bonds is 2. The smallest absolute Gasteiger partial charge is 0.301 e. The molecule has 1 aromatic rings. The van der Waals surface area contributed by atoms with Gasteiger partial charge in [-0.25, -0.2) is 22.9 Å². The maximum Gasteiger partial charge on any atom is 0.350 e. The second-order valence-corrected chi connectivity index (χ2v) is 7.93. The van der Waals surface area contributed by atoms with Gasteiger partial charge in [0.15, 0.2) is 0 Å². The lowest BCUT2D eigenvalue weighted by Gasteiger charge is -2.30. The van der Waals surface area contributed by atoms with Gasteiger partial charge in [-0.2, -0.15) is 0 Å². The number of nitrogens with zero attached hydrogens (tertiary/aromatic N) is 1. The molecular formula is C12H12Cl3N3O3S. The molecule has 0 aromatic heterocycles. The van der Waals surface area contributed by atoms with Gasteiger partial charge >= 0.3 is 6.03 Å². The molecule has 0 atom stereocenters. The standard InChI is InChI=1S/C12H12Cl3N3O3S/c1-12(2)3-4-16-18(12)11(19)17-22(20,21)10-8(14)5-7(13)6-9(10)15/h3-6,16H,1-2H3,(H,17,19). The van der Waals surface area contributed by atoms with Gasteiger partial charge in [0.1, 0.15) is 4.90 Å². The van der Waals surface area contributed by atoms with Crippen molar-refractivity contribution >= 4 is 50.9 Å². The lowest BCUT2D eigenvalue weighted by Crippen LogP contribution is -2.54. The normalized spacial score (nSPS) is 16.5. The fraction of sp³-hybridized carbons (Fsp3) is 0.250. The molecule has 6 nitrogen and oxygen atoms in total. The summed E-state index contributed by atoms with van der Waals surface area (Å²) in [6, 6.07) is 1.60. The van der Waals surface area contributed by atoms with Gasteiger partial charge in [-0.15, -0.1) is 0 Å². The van der Waals surface area contributed by atoms with Crippen LogP contribution in [0.5, 0.6) is 0 Å². The summed E-state index contributed by atoms with van der Waals surface area (Å²) in [4.78, 5) is 11.8. The van der Waals surface area contributed by atoms with Gasteiger partial charge in [0.25, 0.3) is 10.0 Å². The van der Waals surface area contributed by atoms with E-state index in [-0.39, 0.29) is 15.1 Å². The third kappa shape index (κ3) is 3.27. The van der Waals surface area contributed by atoms with E-state index >= 15 is 0 Å². The highest BCUT2D eigenvalue weighted by Gasteiger charge is 2.35. The molecule has 0 bridgehead atoms. The van der Waals surface area contributed by atoms with E-state index < -0.39 is 26.5 Å². The molecule has 22 heavy (non-hydrogen) atoms. The van der Waals surface area contributed by atoms with Gasteiger partial charge in [-0.05, 0) is 32.1 Å². The average molecular weight is 385 g/mol. The van der Waals surface area contributed by atoms with Crippen molar-refractivity contribution in [3.05, 3.63) is 39.5 Å². The Morgan fingerprint density at radius 1 is 1.23 bits per heavy atom. The fourth-order valence-electron chi connectivity index (χ4n) is 1.87. The summed E-state index contributed by atoms with van der Waals surface area (Å²) in [5, 5.41) is 0.961. The van der Waals surface area contributed by atoms with Crippen molar-refractivity contribution in [3.8, 4) is 0 Å². The third-order valence-electron chi connectivity index (χ3n) is 2.93. The molecule has 120 valence electrons. The number of hydrogen-bond donors (Lipinski definition) is 2. The highest BCUT2D eigenvalue weighted by Crippen LogP contribution is 2.32. The molecule has 0 aliphatic carbocycles. The van der Waals surface area contributed by atoms with Gasteiger partial charge in [0, 0.05) is 11.2 Å². The van der Waals surface area contributed by atoms with E-state index in [0.29, 0.717) is 0 Å². The summed E-state index contributed by atoms with van der Waals surface area (Å²) in [6.07, 6.45) is 3.25. The van der Waals surface area contributed by atoms with Crippen LogP contribution in [0.15, 0.2) is 29.3 Å². The predicted octanol–water partition coefficient (Wildman–Crippen LogP) is 3.16. The maximum atomic E-state index is 12.3. The summed E-state index contributed by atoms with van der Waals surface area (Å²) >= 11 is 17.5. The summed E-state index contributed by atoms with van der Waals surface area (Å²) in [6.45, 7) is 3.47. The molecule has 2 amide bonds. The van der Waals surface area contributed by atoms with Gasteiger partial charge < -0.3 is 5.43 Å². The average Bonchev–Trinajstić information content (AvgIpc) is 2.66. The van der Waals surface area contributed by atoms with Crippen LogP contribution in [0.25, 0.3) is 0 Å².